The second kappa shape index (κ2) is 6.53. The van der Waals surface area contributed by atoms with Crippen LogP contribution in [0.15, 0.2) is 24.3 Å². The molecule has 7 nitrogen and oxygen atoms in total. The first-order valence-corrected chi connectivity index (χ1v) is 6.77. The van der Waals surface area contributed by atoms with Gasteiger partial charge in [0.15, 0.2) is 11.9 Å². The monoisotopic (exact) mass is 310 g/mol. The van der Waals surface area contributed by atoms with Crippen LogP contribution in [0.4, 0.5) is 0 Å². The maximum absolute atomic E-state index is 10.8. The first-order chi connectivity index (χ1) is 9.97. The molecule has 1 aromatic heterocycles. The number of halogens is 1. The molecule has 1 aromatic carbocycles. The summed E-state index contributed by atoms with van der Waals surface area (Å²) in [6.45, 7) is 3.52. The summed E-state index contributed by atoms with van der Waals surface area (Å²) in [7, 11) is 0. The van der Waals surface area contributed by atoms with Crippen LogP contribution < -0.4 is 4.74 Å². The van der Waals surface area contributed by atoms with Crippen molar-refractivity contribution in [1.82, 2.24) is 20.2 Å². The summed E-state index contributed by atoms with van der Waals surface area (Å²) in [5, 5.41) is 20.8. The van der Waals surface area contributed by atoms with Crippen LogP contribution in [-0.4, -0.2) is 31.3 Å². The summed E-state index contributed by atoms with van der Waals surface area (Å²) >= 11 is 5.90. The van der Waals surface area contributed by atoms with E-state index >= 15 is 0 Å². The summed E-state index contributed by atoms with van der Waals surface area (Å²) in [4.78, 5) is 10.8. The minimum atomic E-state index is -0.910. The Morgan fingerprint density at radius 1 is 1.48 bits per heavy atom. The van der Waals surface area contributed by atoms with Crippen molar-refractivity contribution in [2.75, 3.05) is 0 Å². The predicted molar refractivity (Wildman–Crippen MR) is 75.3 cm³/mol. The van der Waals surface area contributed by atoms with Crippen LogP contribution in [-0.2, 0) is 4.79 Å². The third-order valence-electron chi connectivity index (χ3n) is 2.88. The third-order valence-corrected chi connectivity index (χ3v) is 3.11. The van der Waals surface area contributed by atoms with Crippen molar-refractivity contribution < 1.29 is 14.6 Å². The molecular formula is C13H15ClN4O3. The fraction of sp³-hybridized carbons (Fsp3) is 0.385. The molecule has 0 aliphatic carbocycles. The van der Waals surface area contributed by atoms with E-state index in [0.717, 1.165) is 0 Å². The Morgan fingerprint density at radius 3 is 2.90 bits per heavy atom. The minimum absolute atomic E-state index is 0.0675. The van der Waals surface area contributed by atoms with Gasteiger partial charge >= 0.3 is 5.97 Å². The Bertz CT molecular complexity index is 631. The Morgan fingerprint density at radius 2 is 2.24 bits per heavy atom. The number of tetrazole rings is 1. The first-order valence-electron chi connectivity index (χ1n) is 6.39. The molecule has 0 bridgehead atoms. The summed E-state index contributed by atoms with van der Waals surface area (Å²) in [5.74, 6) is 0.145. The average Bonchev–Trinajstić information content (AvgIpc) is 2.87. The molecule has 2 rings (SSSR count). The van der Waals surface area contributed by atoms with Gasteiger partial charge in [-0.1, -0.05) is 17.7 Å². The predicted octanol–water partition coefficient (Wildman–Crippen LogP) is 2.50. The van der Waals surface area contributed by atoms with Gasteiger partial charge < -0.3 is 9.84 Å². The Hall–Kier alpha value is -2.15. The fourth-order valence-corrected chi connectivity index (χ4v) is 2.10. The number of aliphatic carboxylic acids is 1. The van der Waals surface area contributed by atoms with E-state index in [1.54, 1.807) is 38.1 Å². The van der Waals surface area contributed by atoms with E-state index in [2.05, 4.69) is 15.5 Å². The number of carboxylic acids is 1. The second-order valence-electron chi connectivity index (χ2n) is 4.65. The van der Waals surface area contributed by atoms with Gasteiger partial charge in [0, 0.05) is 5.02 Å². The fourth-order valence-electron chi connectivity index (χ4n) is 1.92. The number of hydrogen-bond donors (Lipinski definition) is 1. The Labute approximate surface area is 126 Å². The highest BCUT2D eigenvalue weighted by Gasteiger charge is 2.21. The van der Waals surface area contributed by atoms with Crippen LogP contribution in [0.1, 0.15) is 38.2 Å². The van der Waals surface area contributed by atoms with Crippen molar-refractivity contribution in [3.8, 4) is 5.75 Å². The lowest BCUT2D eigenvalue weighted by molar-refractivity contribution is -0.137. The SMILES string of the molecule is CC(Oc1cccc(Cl)c1)c1nnnn1C(C)CC(=O)O. The lowest BCUT2D eigenvalue weighted by Crippen LogP contribution is -2.18. The van der Waals surface area contributed by atoms with Crippen molar-refractivity contribution in [1.29, 1.82) is 0 Å². The minimum Gasteiger partial charge on any atom is -0.483 e. The molecule has 0 aliphatic heterocycles. The Kier molecular flexibility index (Phi) is 4.74. The topological polar surface area (TPSA) is 90.1 Å². The van der Waals surface area contributed by atoms with E-state index in [9.17, 15) is 4.79 Å². The summed E-state index contributed by atoms with van der Waals surface area (Å²) in [5.41, 5.74) is 0. The van der Waals surface area contributed by atoms with Crippen LogP contribution in [0.3, 0.4) is 0 Å². The van der Waals surface area contributed by atoms with E-state index < -0.39 is 12.1 Å². The molecule has 1 N–H and O–H groups in total. The number of nitrogens with zero attached hydrogens (tertiary/aromatic N) is 4. The van der Waals surface area contributed by atoms with Crippen molar-refractivity contribution >= 4 is 17.6 Å². The number of hydrogen-bond acceptors (Lipinski definition) is 5. The van der Waals surface area contributed by atoms with Crippen molar-refractivity contribution in [2.24, 2.45) is 0 Å². The zero-order valence-electron chi connectivity index (χ0n) is 11.6. The van der Waals surface area contributed by atoms with Crippen LogP contribution >= 0.6 is 11.6 Å². The molecule has 2 unspecified atom stereocenters. The molecule has 0 spiro atoms. The van der Waals surface area contributed by atoms with Gasteiger partial charge in [0.25, 0.3) is 0 Å². The largest absolute Gasteiger partial charge is 0.483 e. The third kappa shape index (κ3) is 3.91. The van der Waals surface area contributed by atoms with E-state index in [1.165, 1.54) is 4.68 Å². The maximum Gasteiger partial charge on any atom is 0.305 e. The number of carbonyl (C=O) groups is 1. The smallest absolute Gasteiger partial charge is 0.305 e. The summed E-state index contributed by atoms with van der Waals surface area (Å²) in [6.07, 6.45) is -0.503. The summed E-state index contributed by atoms with van der Waals surface area (Å²) in [6, 6.07) is 6.63. The number of benzene rings is 1. The van der Waals surface area contributed by atoms with E-state index in [0.29, 0.717) is 16.6 Å². The van der Waals surface area contributed by atoms with E-state index in [-0.39, 0.29) is 12.5 Å². The molecule has 1 heterocycles. The number of carboxylic acid groups (broad SMARTS) is 1. The van der Waals surface area contributed by atoms with Gasteiger partial charge in [-0.15, -0.1) is 5.10 Å². The normalized spacial score (nSPS) is 13.7. The van der Waals surface area contributed by atoms with Gasteiger partial charge in [-0.05, 0) is 42.5 Å². The molecule has 2 atom stereocenters. The lowest BCUT2D eigenvalue weighted by atomic mass is 10.2. The zero-order chi connectivity index (χ0) is 15.4. The molecule has 21 heavy (non-hydrogen) atoms. The lowest BCUT2D eigenvalue weighted by Gasteiger charge is -2.17. The summed E-state index contributed by atoms with van der Waals surface area (Å²) < 4.78 is 7.20. The molecule has 0 aliphatic rings. The van der Waals surface area contributed by atoms with Gasteiger partial charge in [0.1, 0.15) is 5.75 Å². The molecule has 0 fully saturated rings. The molecule has 8 heteroatoms. The number of rotatable bonds is 6. The van der Waals surface area contributed by atoms with Gasteiger partial charge in [-0.2, -0.15) is 0 Å². The average molecular weight is 311 g/mol. The molecule has 0 radical (unpaired) electrons. The van der Waals surface area contributed by atoms with Gasteiger partial charge in [0.05, 0.1) is 12.5 Å². The van der Waals surface area contributed by atoms with Crippen LogP contribution in [0.5, 0.6) is 5.75 Å². The molecule has 0 saturated carbocycles. The molecule has 2 aromatic rings. The second-order valence-corrected chi connectivity index (χ2v) is 5.08. The van der Waals surface area contributed by atoms with E-state index in [1.807, 2.05) is 0 Å². The molecule has 0 amide bonds. The highest BCUT2D eigenvalue weighted by molar-refractivity contribution is 6.30. The molecule has 0 saturated heterocycles. The number of ether oxygens (including phenoxy) is 1. The van der Waals surface area contributed by atoms with Crippen LogP contribution in [0.25, 0.3) is 0 Å². The molecule has 112 valence electrons. The first kappa shape index (κ1) is 15.2. The van der Waals surface area contributed by atoms with Crippen LogP contribution in [0.2, 0.25) is 5.02 Å². The maximum atomic E-state index is 10.8. The van der Waals surface area contributed by atoms with Crippen LogP contribution in [0, 0.1) is 0 Å². The highest BCUT2D eigenvalue weighted by Crippen LogP contribution is 2.24. The van der Waals surface area contributed by atoms with E-state index in [4.69, 9.17) is 21.4 Å². The zero-order valence-corrected chi connectivity index (χ0v) is 12.4. The standard InChI is InChI=1S/C13H15ClN4O3/c1-8(6-12(19)20)18-13(15-16-17-18)9(2)21-11-5-3-4-10(14)7-11/h3-5,7-9H,6H2,1-2H3,(H,19,20). The Balaban J connectivity index is 2.14. The number of aromatic nitrogens is 4. The van der Waals surface area contributed by atoms with Gasteiger partial charge in [0.2, 0.25) is 0 Å². The molecular weight excluding hydrogens is 296 g/mol. The van der Waals surface area contributed by atoms with Crippen molar-refractivity contribution in [3.63, 3.8) is 0 Å². The highest BCUT2D eigenvalue weighted by atomic mass is 35.5. The van der Waals surface area contributed by atoms with Crippen molar-refractivity contribution in [2.45, 2.75) is 32.4 Å². The van der Waals surface area contributed by atoms with Crippen molar-refractivity contribution in [3.05, 3.63) is 35.1 Å². The van der Waals surface area contributed by atoms with Gasteiger partial charge in [-0.25, -0.2) is 4.68 Å². The quantitative estimate of drug-likeness (QED) is 0.881. The van der Waals surface area contributed by atoms with Gasteiger partial charge in [-0.3, -0.25) is 4.79 Å².